The van der Waals surface area contributed by atoms with Gasteiger partial charge in [-0.05, 0) is 24.0 Å². The molecule has 1 amide bonds. The van der Waals surface area contributed by atoms with Crippen LogP contribution >= 0.6 is 0 Å². The fourth-order valence-corrected chi connectivity index (χ4v) is 1.66. The van der Waals surface area contributed by atoms with Crippen LogP contribution in [0.2, 0.25) is 0 Å². The van der Waals surface area contributed by atoms with Crippen molar-refractivity contribution in [2.75, 3.05) is 12.4 Å². The number of nitrogens with zero attached hydrogens (tertiary/aromatic N) is 1. The van der Waals surface area contributed by atoms with Gasteiger partial charge in [-0.15, -0.1) is 0 Å². The van der Waals surface area contributed by atoms with E-state index >= 15 is 0 Å². The molecule has 1 heterocycles. The number of carbonyl (C=O) groups excluding carboxylic acids is 1. The molecule has 1 atom stereocenters. The predicted octanol–water partition coefficient (Wildman–Crippen LogP) is 1.65. The summed E-state index contributed by atoms with van der Waals surface area (Å²) in [5, 5.41) is 5.97. The highest BCUT2D eigenvalue weighted by molar-refractivity contribution is 5.93. The van der Waals surface area contributed by atoms with Gasteiger partial charge in [0.15, 0.2) is 0 Å². The molecule has 1 unspecified atom stereocenters. The van der Waals surface area contributed by atoms with E-state index in [2.05, 4.69) is 29.5 Å². The molecule has 86 valence electrons. The van der Waals surface area contributed by atoms with Crippen molar-refractivity contribution in [2.24, 2.45) is 5.41 Å². The van der Waals surface area contributed by atoms with E-state index < -0.39 is 0 Å². The van der Waals surface area contributed by atoms with Crippen LogP contribution in [0.3, 0.4) is 0 Å². The molecule has 1 saturated carbocycles. The van der Waals surface area contributed by atoms with Crippen LogP contribution in [0.25, 0.3) is 0 Å². The summed E-state index contributed by atoms with van der Waals surface area (Å²) in [6.07, 6.45) is 2.68. The van der Waals surface area contributed by atoms with Gasteiger partial charge >= 0.3 is 0 Å². The van der Waals surface area contributed by atoms with Crippen LogP contribution in [0.4, 0.5) is 5.69 Å². The average molecular weight is 219 g/mol. The van der Waals surface area contributed by atoms with E-state index in [4.69, 9.17) is 0 Å². The first-order valence-corrected chi connectivity index (χ1v) is 5.47. The average Bonchev–Trinajstić information content (AvgIpc) is 2.86. The number of nitrogens with one attached hydrogen (secondary N) is 2. The van der Waals surface area contributed by atoms with Gasteiger partial charge in [0.1, 0.15) is 5.69 Å². The zero-order valence-corrected chi connectivity index (χ0v) is 9.87. The number of pyridine rings is 1. The molecule has 4 nitrogen and oxygen atoms in total. The number of aromatic nitrogens is 1. The topological polar surface area (TPSA) is 54.0 Å². The van der Waals surface area contributed by atoms with Gasteiger partial charge < -0.3 is 10.6 Å². The molecule has 1 aliphatic rings. The Labute approximate surface area is 95.5 Å². The Morgan fingerprint density at radius 3 is 2.81 bits per heavy atom. The molecule has 2 N–H and O–H groups in total. The van der Waals surface area contributed by atoms with Crippen LogP contribution in [0.5, 0.6) is 0 Å². The quantitative estimate of drug-likeness (QED) is 0.812. The molecule has 0 bridgehead atoms. The van der Waals surface area contributed by atoms with E-state index in [1.165, 1.54) is 0 Å². The number of hydrogen-bond donors (Lipinski definition) is 2. The summed E-state index contributed by atoms with van der Waals surface area (Å²) >= 11 is 0. The Morgan fingerprint density at radius 1 is 1.56 bits per heavy atom. The Bertz CT molecular complexity index is 414. The zero-order valence-electron chi connectivity index (χ0n) is 9.87. The third-order valence-electron chi connectivity index (χ3n) is 3.10. The summed E-state index contributed by atoms with van der Waals surface area (Å²) in [5.74, 6) is -0.0901. The smallest absolute Gasteiger partial charge is 0.270 e. The Kier molecular flexibility index (Phi) is 2.58. The number of hydrogen-bond acceptors (Lipinski definition) is 3. The molecule has 0 aliphatic heterocycles. The second-order valence-electron chi connectivity index (χ2n) is 4.90. The third-order valence-corrected chi connectivity index (χ3v) is 3.10. The number of rotatable bonds is 3. The van der Waals surface area contributed by atoms with E-state index in [0.717, 1.165) is 12.1 Å². The number of anilines is 1. The van der Waals surface area contributed by atoms with Crippen LogP contribution in [-0.2, 0) is 0 Å². The monoisotopic (exact) mass is 219 g/mol. The molecule has 0 radical (unpaired) electrons. The first-order chi connectivity index (χ1) is 7.53. The standard InChI is InChI=1S/C12H17N3O/c1-12(2)7-10(12)15-11(16)9-6-8(13-3)4-5-14-9/h4-6,10H,7H2,1-3H3,(H,13,14)(H,15,16). The maximum atomic E-state index is 11.8. The molecular weight excluding hydrogens is 202 g/mol. The van der Waals surface area contributed by atoms with E-state index in [9.17, 15) is 4.79 Å². The molecular formula is C12H17N3O. The largest absolute Gasteiger partial charge is 0.388 e. The molecule has 4 heteroatoms. The van der Waals surface area contributed by atoms with Gasteiger partial charge in [0.05, 0.1) is 0 Å². The lowest BCUT2D eigenvalue weighted by Crippen LogP contribution is -2.29. The number of amides is 1. The zero-order chi connectivity index (χ0) is 11.8. The second kappa shape index (κ2) is 3.77. The van der Waals surface area contributed by atoms with Crippen LogP contribution < -0.4 is 10.6 Å². The molecule has 1 aliphatic carbocycles. The van der Waals surface area contributed by atoms with Gasteiger partial charge in [-0.2, -0.15) is 0 Å². The number of carbonyl (C=O) groups is 1. The maximum absolute atomic E-state index is 11.8. The molecule has 1 fully saturated rings. The van der Waals surface area contributed by atoms with Gasteiger partial charge in [-0.1, -0.05) is 13.8 Å². The van der Waals surface area contributed by atoms with Crippen molar-refractivity contribution in [3.8, 4) is 0 Å². The SMILES string of the molecule is CNc1ccnc(C(=O)NC2CC2(C)C)c1. The highest BCUT2D eigenvalue weighted by Crippen LogP contribution is 2.44. The van der Waals surface area contributed by atoms with E-state index in [0.29, 0.717) is 11.7 Å². The minimum absolute atomic E-state index is 0.0901. The summed E-state index contributed by atoms with van der Waals surface area (Å²) < 4.78 is 0. The molecule has 0 aromatic carbocycles. The van der Waals surface area contributed by atoms with Crippen molar-refractivity contribution in [3.63, 3.8) is 0 Å². The summed E-state index contributed by atoms with van der Waals surface area (Å²) in [5.41, 5.74) is 1.61. The molecule has 16 heavy (non-hydrogen) atoms. The van der Waals surface area contributed by atoms with E-state index in [1.807, 2.05) is 13.1 Å². The lowest BCUT2D eigenvalue weighted by atomic mass is 10.2. The predicted molar refractivity (Wildman–Crippen MR) is 63.4 cm³/mol. The molecule has 2 rings (SSSR count). The Balaban J connectivity index is 2.04. The van der Waals surface area contributed by atoms with Crippen molar-refractivity contribution >= 4 is 11.6 Å². The molecule has 1 aromatic heterocycles. The second-order valence-corrected chi connectivity index (χ2v) is 4.90. The van der Waals surface area contributed by atoms with Gasteiger partial charge in [0.2, 0.25) is 0 Å². The van der Waals surface area contributed by atoms with Crippen molar-refractivity contribution in [3.05, 3.63) is 24.0 Å². The maximum Gasteiger partial charge on any atom is 0.270 e. The highest BCUT2D eigenvalue weighted by Gasteiger charge is 2.46. The fraction of sp³-hybridized carbons (Fsp3) is 0.500. The normalized spacial score (nSPS) is 21.3. The Hall–Kier alpha value is -1.58. The summed E-state index contributed by atoms with van der Waals surface area (Å²) in [6, 6.07) is 3.88. The van der Waals surface area contributed by atoms with Crippen LogP contribution in [0.15, 0.2) is 18.3 Å². The summed E-state index contributed by atoms with van der Waals surface area (Å²) in [6.45, 7) is 4.30. The van der Waals surface area contributed by atoms with Crippen molar-refractivity contribution in [2.45, 2.75) is 26.3 Å². The van der Waals surface area contributed by atoms with E-state index in [1.54, 1.807) is 12.3 Å². The van der Waals surface area contributed by atoms with Crippen LogP contribution in [0, 0.1) is 5.41 Å². The first kappa shape index (κ1) is 10.9. The summed E-state index contributed by atoms with van der Waals surface area (Å²) in [7, 11) is 1.82. The van der Waals surface area contributed by atoms with Gasteiger partial charge in [0.25, 0.3) is 5.91 Å². The minimum Gasteiger partial charge on any atom is -0.388 e. The van der Waals surface area contributed by atoms with Crippen LogP contribution in [-0.4, -0.2) is 24.0 Å². The van der Waals surface area contributed by atoms with Gasteiger partial charge in [-0.25, -0.2) is 0 Å². The minimum atomic E-state index is -0.0901. The lowest BCUT2D eigenvalue weighted by Gasteiger charge is -2.07. The highest BCUT2D eigenvalue weighted by atomic mass is 16.2. The van der Waals surface area contributed by atoms with E-state index in [-0.39, 0.29) is 11.3 Å². The Morgan fingerprint density at radius 2 is 2.25 bits per heavy atom. The van der Waals surface area contributed by atoms with Crippen molar-refractivity contribution in [1.82, 2.24) is 10.3 Å². The lowest BCUT2D eigenvalue weighted by molar-refractivity contribution is 0.0941. The molecule has 0 saturated heterocycles. The van der Waals surface area contributed by atoms with Crippen molar-refractivity contribution in [1.29, 1.82) is 0 Å². The van der Waals surface area contributed by atoms with Crippen molar-refractivity contribution < 1.29 is 4.79 Å². The van der Waals surface area contributed by atoms with Crippen LogP contribution in [0.1, 0.15) is 30.8 Å². The first-order valence-electron chi connectivity index (χ1n) is 5.47. The van der Waals surface area contributed by atoms with Gasteiger partial charge in [0, 0.05) is 25.0 Å². The molecule has 1 aromatic rings. The summed E-state index contributed by atoms with van der Waals surface area (Å²) in [4.78, 5) is 15.9. The molecule has 0 spiro atoms. The third kappa shape index (κ3) is 2.15. The fourth-order valence-electron chi connectivity index (χ4n) is 1.66. The van der Waals surface area contributed by atoms with Gasteiger partial charge in [-0.3, -0.25) is 9.78 Å².